The summed E-state index contributed by atoms with van der Waals surface area (Å²) in [5, 5.41) is 0. The Morgan fingerprint density at radius 2 is 1.69 bits per heavy atom. The summed E-state index contributed by atoms with van der Waals surface area (Å²) in [5.41, 5.74) is 2.05. The number of aromatic nitrogens is 1. The number of anilines is 1. The van der Waals surface area contributed by atoms with Crippen molar-refractivity contribution in [2.75, 3.05) is 44.1 Å². The monoisotopic (exact) mass is 494 g/mol. The van der Waals surface area contributed by atoms with Gasteiger partial charge in [-0.25, -0.2) is 8.42 Å². The van der Waals surface area contributed by atoms with Gasteiger partial charge in [0, 0.05) is 62.4 Å². The van der Waals surface area contributed by atoms with Crippen molar-refractivity contribution >= 4 is 21.6 Å². The lowest BCUT2D eigenvalue weighted by molar-refractivity contribution is 0.0628. The molecule has 5 rings (SSSR count). The molecule has 1 aromatic heterocycles. The molecule has 1 fully saturated rings. The molecule has 1 N–H and O–H groups in total. The molecule has 2 aliphatic heterocycles. The van der Waals surface area contributed by atoms with Gasteiger partial charge < -0.3 is 14.4 Å². The number of amides is 1. The average Bonchev–Trinajstić information content (AvgIpc) is 2.89. The van der Waals surface area contributed by atoms with Crippen LogP contribution in [0.25, 0.3) is 0 Å². The Morgan fingerprint density at radius 3 is 2.40 bits per heavy atom. The topological polar surface area (TPSA) is 101 Å². The largest absolute Gasteiger partial charge is 0.486 e. The van der Waals surface area contributed by atoms with E-state index in [0.717, 1.165) is 25.2 Å². The number of pyridine rings is 1. The van der Waals surface area contributed by atoms with Crippen molar-refractivity contribution in [1.82, 2.24) is 14.8 Å². The first kappa shape index (κ1) is 23.1. The normalized spacial score (nSPS) is 16.1. The molecule has 0 radical (unpaired) electrons. The second-order valence-corrected chi connectivity index (χ2v) is 10.1. The molecule has 0 aliphatic carbocycles. The van der Waals surface area contributed by atoms with Crippen LogP contribution in [0.4, 0.5) is 5.69 Å². The van der Waals surface area contributed by atoms with Gasteiger partial charge in [0.2, 0.25) is 0 Å². The minimum absolute atomic E-state index is 0.0627. The number of nitrogens with one attached hydrogen (secondary N) is 1. The molecule has 182 valence electrons. The van der Waals surface area contributed by atoms with Gasteiger partial charge in [-0.2, -0.15) is 0 Å². The van der Waals surface area contributed by atoms with Gasteiger partial charge in [-0.3, -0.25) is 19.4 Å². The van der Waals surface area contributed by atoms with Crippen LogP contribution in [0.15, 0.2) is 71.9 Å². The maximum atomic E-state index is 13.0. The van der Waals surface area contributed by atoms with Gasteiger partial charge in [-0.1, -0.05) is 6.07 Å². The number of benzene rings is 2. The second-order valence-electron chi connectivity index (χ2n) is 8.42. The van der Waals surface area contributed by atoms with Crippen LogP contribution in [-0.4, -0.2) is 68.5 Å². The van der Waals surface area contributed by atoms with Crippen molar-refractivity contribution in [1.29, 1.82) is 0 Å². The molecule has 0 atom stereocenters. The molecule has 3 heterocycles. The summed E-state index contributed by atoms with van der Waals surface area (Å²) in [4.78, 5) is 21.3. The third kappa shape index (κ3) is 5.39. The van der Waals surface area contributed by atoms with Crippen molar-refractivity contribution in [2.45, 2.75) is 11.4 Å². The first-order valence-corrected chi connectivity index (χ1v) is 12.9. The number of hydrogen-bond acceptors (Lipinski definition) is 7. The molecule has 0 saturated carbocycles. The van der Waals surface area contributed by atoms with E-state index >= 15 is 0 Å². The highest BCUT2D eigenvalue weighted by Gasteiger charge is 2.23. The Kier molecular flexibility index (Phi) is 6.56. The first-order chi connectivity index (χ1) is 17.0. The quantitative estimate of drug-likeness (QED) is 0.562. The Bertz CT molecular complexity index is 1290. The molecule has 0 spiro atoms. The fourth-order valence-corrected chi connectivity index (χ4v) is 5.20. The van der Waals surface area contributed by atoms with Crippen molar-refractivity contribution < 1.29 is 22.7 Å². The lowest BCUT2D eigenvalue weighted by atomic mass is 10.1. The summed E-state index contributed by atoms with van der Waals surface area (Å²) in [6.07, 6.45) is 3.62. The minimum atomic E-state index is -3.82. The Labute approximate surface area is 204 Å². The highest BCUT2D eigenvalue weighted by Crippen LogP contribution is 2.32. The first-order valence-electron chi connectivity index (χ1n) is 11.4. The minimum Gasteiger partial charge on any atom is -0.486 e. The summed E-state index contributed by atoms with van der Waals surface area (Å²) in [7, 11) is -3.82. The summed E-state index contributed by atoms with van der Waals surface area (Å²) >= 11 is 0. The number of hydrogen-bond donors (Lipinski definition) is 1. The van der Waals surface area contributed by atoms with Crippen LogP contribution in [0.5, 0.6) is 11.5 Å². The maximum Gasteiger partial charge on any atom is 0.262 e. The van der Waals surface area contributed by atoms with Crippen molar-refractivity contribution in [3.05, 3.63) is 78.1 Å². The number of sulfonamides is 1. The molecule has 10 heteroatoms. The summed E-state index contributed by atoms with van der Waals surface area (Å²) in [6, 6.07) is 15.0. The number of nitrogens with zero attached hydrogens (tertiary/aromatic N) is 3. The lowest BCUT2D eigenvalue weighted by Crippen LogP contribution is -2.48. The molecule has 35 heavy (non-hydrogen) atoms. The highest BCUT2D eigenvalue weighted by molar-refractivity contribution is 7.92. The molecule has 3 aromatic rings. The Balaban J connectivity index is 1.18. The fraction of sp³-hybridized carbons (Fsp3) is 0.280. The molecular weight excluding hydrogens is 468 g/mol. The molecule has 9 nitrogen and oxygen atoms in total. The SMILES string of the molecule is O=C(c1ccc(NS(=O)(=O)c2ccc3c(c2)OCCO3)cc1)N1CCN(Cc2cccnc2)CC1. The van der Waals surface area contributed by atoms with E-state index in [-0.39, 0.29) is 10.8 Å². The lowest BCUT2D eigenvalue weighted by Gasteiger charge is -2.34. The van der Waals surface area contributed by atoms with Gasteiger partial charge >= 0.3 is 0 Å². The maximum absolute atomic E-state index is 13.0. The van der Waals surface area contributed by atoms with E-state index in [1.54, 1.807) is 36.5 Å². The Morgan fingerprint density at radius 1 is 0.943 bits per heavy atom. The third-order valence-electron chi connectivity index (χ3n) is 6.00. The van der Waals surface area contributed by atoms with E-state index < -0.39 is 10.0 Å². The standard InChI is InChI=1S/C25H26N4O5S/c30-25(29-12-10-28(11-13-29)18-19-2-1-9-26-17-19)20-3-5-21(6-4-20)27-35(31,32)22-7-8-23-24(16-22)34-15-14-33-23/h1-9,16-17,27H,10-15,18H2. The van der Waals surface area contributed by atoms with Crippen LogP contribution in [0.1, 0.15) is 15.9 Å². The van der Waals surface area contributed by atoms with Crippen LogP contribution >= 0.6 is 0 Å². The number of fused-ring (bicyclic) bond motifs is 1. The zero-order chi connectivity index (χ0) is 24.3. The van der Waals surface area contributed by atoms with Crippen LogP contribution in [0.2, 0.25) is 0 Å². The van der Waals surface area contributed by atoms with Gasteiger partial charge in [-0.15, -0.1) is 0 Å². The number of ether oxygens (including phenoxy) is 2. The number of piperazine rings is 1. The molecule has 1 amide bonds. The molecule has 2 aliphatic rings. The molecule has 2 aromatic carbocycles. The number of rotatable bonds is 6. The zero-order valence-electron chi connectivity index (χ0n) is 19.1. The van der Waals surface area contributed by atoms with E-state index in [0.29, 0.717) is 49.1 Å². The molecular formula is C25H26N4O5S. The van der Waals surface area contributed by atoms with Crippen molar-refractivity contribution in [3.8, 4) is 11.5 Å². The molecule has 0 bridgehead atoms. The fourth-order valence-electron chi connectivity index (χ4n) is 4.13. The van der Waals surface area contributed by atoms with Crippen LogP contribution < -0.4 is 14.2 Å². The highest BCUT2D eigenvalue weighted by atomic mass is 32.2. The Hall–Kier alpha value is -3.63. The number of carbonyl (C=O) groups excluding carboxylic acids is 1. The van der Waals surface area contributed by atoms with E-state index in [9.17, 15) is 13.2 Å². The van der Waals surface area contributed by atoms with Crippen LogP contribution in [0, 0.1) is 0 Å². The van der Waals surface area contributed by atoms with E-state index in [1.165, 1.54) is 12.1 Å². The predicted molar refractivity (Wildman–Crippen MR) is 130 cm³/mol. The summed E-state index contributed by atoms with van der Waals surface area (Å²) < 4.78 is 39.1. The van der Waals surface area contributed by atoms with Crippen LogP contribution in [0.3, 0.4) is 0 Å². The zero-order valence-corrected chi connectivity index (χ0v) is 19.9. The van der Waals surface area contributed by atoms with E-state index in [4.69, 9.17) is 9.47 Å². The smallest absolute Gasteiger partial charge is 0.262 e. The van der Waals surface area contributed by atoms with Crippen molar-refractivity contribution in [3.63, 3.8) is 0 Å². The van der Waals surface area contributed by atoms with Gasteiger partial charge in [0.1, 0.15) is 13.2 Å². The predicted octanol–water partition coefficient (Wildman–Crippen LogP) is 2.61. The van der Waals surface area contributed by atoms with E-state index in [2.05, 4.69) is 14.6 Å². The van der Waals surface area contributed by atoms with E-state index in [1.807, 2.05) is 23.2 Å². The molecule has 1 saturated heterocycles. The van der Waals surface area contributed by atoms with Crippen LogP contribution in [-0.2, 0) is 16.6 Å². The number of carbonyl (C=O) groups is 1. The van der Waals surface area contributed by atoms with Gasteiger partial charge in [-0.05, 0) is 48.0 Å². The summed E-state index contributed by atoms with van der Waals surface area (Å²) in [5.74, 6) is 0.865. The third-order valence-corrected chi connectivity index (χ3v) is 7.38. The van der Waals surface area contributed by atoms with Gasteiger partial charge in [0.05, 0.1) is 4.90 Å². The van der Waals surface area contributed by atoms with Crippen molar-refractivity contribution in [2.24, 2.45) is 0 Å². The van der Waals surface area contributed by atoms with Gasteiger partial charge in [0.15, 0.2) is 11.5 Å². The molecule has 0 unspecified atom stereocenters. The second kappa shape index (κ2) is 9.93. The summed E-state index contributed by atoms with van der Waals surface area (Å²) in [6.45, 7) is 4.47. The average molecular weight is 495 g/mol. The van der Waals surface area contributed by atoms with Gasteiger partial charge in [0.25, 0.3) is 15.9 Å².